The first kappa shape index (κ1) is 46.3. The largest absolute Gasteiger partial charge is 0.481 e. The molecule has 3 aromatic rings. The molecule has 0 unspecified atom stereocenters. The van der Waals surface area contributed by atoms with Crippen molar-refractivity contribution in [1.29, 1.82) is 0 Å². The summed E-state index contributed by atoms with van der Waals surface area (Å²) in [6.45, 7) is 9.67. The topological polar surface area (TPSA) is 175 Å². The molecule has 14 nitrogen and oxygen atoms in total. The molecule has 1 aliphatic heterocycles. The number of fused-ring (bicyclic) bond motifs is 3. The van der Waals surface area contributed by atoms with Crippen LogP contribution in [0.5, 0.6) is 0 Å². The Bertz CT molecular complexity index is 1980. The number of aliphatic carboxylic acids is 1. The monoisotopic (exact) mass is 839 g/mol. The Morgan fingerprint density at radius 2 is 1.34 bits per heavy atom. The molecule has 1 fully saturated rings. The number of ether oxygens (including phenoxy) is 2. The second-order valence-electron chi connectivity index (χ2n) is 17.3. The third-order valence-corrected chi connectivity index (χ3v) is 11.3. The minimum absolute atomic E-state index is 0.0201. The molecule has 14 heteroatoms. The molecule has 0 radical (unpaired) electrons. The summed E-state index contributed by atoms with van der Waals surface area (Å²) in [5.41, 5.74) is 4.26. The van der Waals surface area contributed by atoms with E-state index in [2.05, 4.69) is 10.6 Å². The summed E-state index contributed by atoms with van der Waals surface area (Å²) < 4.78 is 11.8. The standard InChI is InChI=1S/C47H61N5O9/c1-30(2)41(42(55)48-37(27-40(53)54)44(57)52-24-16-9-17-25-52)51(7)45(58)39(26-31-18-10-8-11-19-31)50(6)43(56)38(29-61-47(3,4)5)49-46(59)60-28-36-34-22-14-12-20-32(34)33-21-13-15-23-35(33)36/h8,10-15,18-23,30,36-39,41H,9,16-17,24-29H2,1-7H3,(H,48,55)(H,49,59)(H,53,54)/t37-,38-,39-,41-/m0/s1. The van der Waals surface area contributed by atoms with Crippen LogP contribution in [-0.2, 0) is 39.9 Å². The summed E-state index contributed by atoms with van der Waals surface area (Å²) in [5.74, 6) is -4.32. The maximum Gasteiger partial charge on any atom is 0.407 e. The van der Waals surface area contributed by atoms with Crippen molar-refractivity contribution < 1.29 is 43.3 Å². The number of rotatable bonds is 17. The Morgan fingerprint density at radius 3 is 1.90 bits per heavy atom. The van der Waals surface area contributed by atoms with Crippen molar-refractivity contribution >= 4 is 35.7 Å². The van der Waals surface area contributed by atoms with Crippen LogP contribution in [0.2, 0.25) is 0 Å². The summed E-state index contributed by atoms with van der Waals surface area (Å²) in [7, 11) is 2.92. The van der Waals surface area contributed by atoms with Gasteiger partial charge in [0.2, 0.25) is 23.6 Å². The van der Waals surface area contributed by atoms with E-state index in [0.29, 0.717) is 13.1 Å². The molecule has 3 N–H and O–H groups in total. The molecule has 1 aliphatic carbocycles. The van der Waals surface area contributed by atoms with Crippen LogP contribution in [0.15, 0.2) is 78.9 Å². The van der Waals surface area contributed by atoms with Crippen molar-refractivity contribution in [2.75, 3.05) is 40.4 Å². The van der Waals surface area contributed by atoms with Crippen LogP contribution in [0.3, 0.4) is 0 Å². The van der Waals surface area contributed by atoms with Crippen LogP contribution >= 0.6 is 0 Å². The highest BCUT2D eigenvalue weighted by atomic mass is 16.5. The van der Waals surface area contributed by atoms with E-state index in [1.54, 1.807) is 18.7 Å². The van der Waals surface area contributed by atoms with Gasteiger partial charge in [0.1, 0.15) is 30.8 Å². The van der Waals surface area contributed by atoms with Gasteiger partial charge in [0.05, 0.1) is 18.6 Å². The molecule has 0 aromatic heterocycles. The van der Waals surface area contributed by atoms with Gasteiger partial charge >= 0.3 is 12.1 Å². The van der Waals surface area contributed by atoms with Crippen LogP contribution in [0, 0.1) is 5.92 Å². The van der Waals surface area contributed by atoms with Gasteiger partial charge < -0.3 is 39.9 Å². The zero-order valence-electron chi connectivity index (χ0n) is 36.4. The Kier molecular flexibility index (Phi) is 15.7. The van der Waals surface area contributed by atoms with Crippen molar-refractivity contribution in [3.05, 3.63) is 95.6 Å². The lowest BCUT2D eigenvalue weighted by Gasteiger charge is -2.38. The number of nitrogens with one attached hydrogen (secondary N) is 2. The number of hydrogen-bond donors (Lipinski definition) is 3. The summed E-state index contributed by atoms with van der Waals surface area (Å²) >= 11 is 0. The Labute approximate surface area is 358 Å². The second kappa shape index (κ2) is 20.7. The van der Waals surface area contributed by atoms with Gasteiger partial charge in [-0.3, -0.25) is 24.0 Å². The Morgan fingerprint density at radius 1 is 0.770 bits per heavy atom. The fourth-order valence-electron chi connectivity index (χ4n) is 8.18. The van der Waals surface area contributed by atoms with E-state index in [9.17, 15) is 33.9 Å². The van der Waals surface area contributed by atoms with Gasteiger partial charge in [-0.2, -0.15) is 0 Å². The minimum atomic E-state index is -1.33. The van der Waals surface area contributed by atoms with Crippen LogP contribution in [0.1, 0.15) is 82.9 Å². The summed E-state index contributed by atoms with van der Waals surface area (Å²) in [6.07, 6.45) is 1.13. The van der Waals surface area contributed by atoms with Gasteiger partial charge in [0.25, 0.3) is 0 Å². The van der Waals surface area contributed by atoms with E-state index in [-0.39, 0.29) is 25.6 Å². The Hall–Kier alpha value is -5.76. The lowest BCUT2D eigenvalue weighted by molar-refractivity contribution is -0.151. The Balaban J connectivity index is 1.37. The smallest absolute Gasteiger partial charge is 0.407 e. The number of amides is 5. The fraction of sp³-hybridized carbons (Fsp3) is 0.489. The number of carbonyl (C=O) groups is 6. The van der Waals surface area contributed by atoms with E-state index in [0.717, 1.165) is 47.1 Å². The molecule has 328 valence electrons. The first-order valence-electron chi connectivity index (χ1n) is 21.1. The number of carboxylic acid groups (broad SMARTS) is 1. The highest BCUT2D eigenvalue weighted by molar-refractivity contribution is 5.96. The number of piperidine rings is 1. The van der Waals surface area contributed by atoms with Gasteiger partial charge in [0.15, 0.2) is 0 Å². The van der Waals surface area contributed by atoms with E-state index in [4.69, 9.17) is 9.47 Å². The lowest BCUT2D eigenvalue weighted by Crippen LogP contribution is -2.61. The number of carboxylic acids is 1. The molecule has 5 amide bonds. The number of carbonyl (C=O) groups excluding carboxylic acids is 5. The molecule has 61 heavy (non-hydrogen) atoms. The van der Waals surface area contributed by atoms with E-state index >= 15 is 0 Å². The third kappa shape index (κ3) is 12.0. The lowest BCUT2D eigenvalue weighted by atomic mass is 9.97. The van der Waals surface area contributed by atoms with E-state index in [1.807, 2.05) is 99.6 Å². The second-order valence-corrected chi connectivity index (χ2v) is 17.3. The van der Waals surface area contributed by atoms with Crippen molar-refractivity contribution in [3.8, 4) is 11.1 Å². The predicted molar refractivity (Wildman–Crippen MR) is 230 cm³/mol. The van der Waals surface area contributed by atoms with Crippen LogP contribution in [0.25, 0.3) is 11.1 Å². The molecule has 3 aromatic carbocycles. The molecule has 1 saturated heterocycles. The van der Waals surface area contributed by atoms with E-state index < -0.39 is 77.8 Å². The number of nitrogens with zero attached hydrogens (tertiary/aromatic N) is 3. The van der Waals surface area contributed by atoms with Gasteiger partial charge in [-0.05, 0) is 73.8 Å². The molecule has 5 rings (SSSR count). The number of alkyl carbamates (subject to hydrolysis) is 1. The van der Waals surface area contributed by atoms with Crippen molar-refractivity contribution in [1.82, 2.24) is 25.3 Å². The molecule has 4 atom stereocenters. The number of likely N-dealkylation sites (tertiary alicyclic amines) is 1. The van der Waals surface area contributed by atoms with Crippen LogP contribution in [-0.4, -0.2) is 126 Å². The normalized spacial score (nSPS) is 15.7. The maximum absolute atomic E-state index is 14.7. The first-order chi connectivity index (χ1) is 29.0. The summed E-state index contributed by atoms with van der Waals surface area (Å²) in [6, 6.07) is 20.1. The molecular weight excluding hydrogens is 779 g/mol. The van der Waals surface area contributed by atoms with Crippen molar-refractivity contribution in [2.45, 2.75) is 102 Å². The number of benzene rings is 3. The van der Waals surface area contributed by atoms with Crippen LogP contribution < -0.4 is 10.6 Å². The SMILES string of the molecule is CC(C)[C@@H](C(=O)N[C@@H](CC(=O)O)C(=O)N1CCCCC1)N(C)C(=O)[C@H](Cc1ccccc1)N(C)C(=O)[C@H](COC(C)(C)C)NC(=O)OCC1c2ccccc2-c2ccccc21. The molecule has 0 spiro atoms. The van der Waals surface area contributed by atoms with Crippen LogP contribution in [0.4, 0.5) is 4.79 Å². The van der Waals surface area contributed by atoms with Crippen molar-refractivity contribution in [2.24, 2.45) is 5.92 Å². The average molecular weight is 840 g/mol. The zero-order valence-corrected chi connectivity index (χ0v) is 36.4. The molecule has 1 heterocycles. The predicted octanol–water partition coefficient (Wildman–Crippen LogP) is 5.23. The number of hydrogen-bond acceptors (Lipinski definition) is 8. The third-order valence-electron chi connectivity index (χ3n) is 11.3. The van der Waals surface area contributed by atoms with Gasteiger partial charge in [0, 0.05) is 39.5 Å². The molecular formula is C47H61N5O9. The number of likely N-dealkylation sites (N-methyl/N-ethyl adjacent to an activating group) is 2. The van der Waals surface area contributed by atoms with Gasteiger partial charge in [-0.15, -0.1) is 0 Å². The molecule has 2 aliphatic rings. The highest BCUT2D eigenvalue weighted by Gasteiger charge is 2.40. The minimum Gasteiger partial charge on any atom is -0.481 e. The zero-order chi connectivity index (χ0) is 44.4. The van der Waals surface area contributed by atoms with Crippen molar-refractivity contribution in [3.63, 3.8) is 0 Å². The van der Waals surface area contributed by atoms with Gasteiger partial charge in [-0.1, -0.05) is 92.7 Å². The maximum atomic E-state index is 14.7. The fourth-order valence-corrected chi connectivity index (χ4v) is 8.18. The molecule has 0 saturated carbocycles. The quantitative estimate of drug-likeness (QED) is 0.164. The summed E-state index contributed by atoms with van der Waals surface area (Å²) in [4.78, 5) is 86.4. The highest BCUT2D eigenvalue weighted by Crippen LogP contribution is 2.44. The first-order valence-corrected chi connectivity index (χ1v) is 21.1. The average Bonchev–Trinajstić information content (AvgIpc) is 3.55. The molecule has 0 bridgehead atoms. The van der Waals surface area contributed by atoms with E-state index in [1.165, 1.54) is 23.9 Å². The summed E-state index contributed by atoms with van der Waals surface area (Å²) in [5, 5.41) is 15.0. The van der Waals surface area contributed by atoms with Gasteiger partial charge in [-0.25, -0.2) is 4.79 Å².